The molecule has 5 heteroatoms. The quantitative estimate of drug-likeness (QED) is 0.810. The monoisotopic (exact) mass is 322 g/mol. The second kappa shape index (κ2) is 7.38. The third kappa shape index (κ3) is 4.69. The van der Waals surface area contributed by atoms with Crippen molar-refractivity contribution < 1.29 is 4.39 Å². The van der Waals surface area contributed by atoms with E-state index >= 15 is 0 Å². The van der Waals surface area contributed by atoms with Gasteiger partial charge >= 0.3 is 0 Å². The van der Waals surface area contributed by atoms with E-state index in [1.807, 2.05) is 36.4 Å². The molecule has 0 amide bonds. The van der Waals surface area contributed by atoms with E-state index in [0.29, 0.717) is 24.5 Å². The number of nitrogens with two attached hydrogens (primary N) is 1. The van der Waals surface area contributed by atoms with Crippen LogP contribution in [-0.2, 0) is 6.54 Å². The molecule has 0 fully saturated rings. The van der Waals surface area contributed by atoms with E-state index in [1.165, 1.54) is 6.07 Å². The van der Waals surface area contributed by atoms with Crippen LogP contribution in [0.15, 0.2) is 48.5 Å². The van der Waals surface area contributed by atoms with Crippen LogP contribution in [0.5, 0.6) is 0 Å². The molecule has 21 heavy (non-hydrogen) atoms. The highest BCUT2D eigenvalue weighted by Gasteiger charge is 2.09. The van der Waals surface area contributed by atoms with Crippen molar-refractivity contribution in [1.82, 2.24) is 0 Å². The van der Waals surface area contributed by atoms with E-state index in [9.17, 15) is 4.39 Å². The number of para-hydroxylation sites is 1. The molecule has 0 heterocycles. The lowest BCUT2D eigenvalue weighted by Crippen LogP contribution is -2.27. The average molecular weight is 323 g/mol. The number of hydrogen-bond acceptors (Lipinski definition) is 2. The van der Waals surface area contributed by atoms with E-state index in [0.717, 1.165) is 11.3 Å². The first-order valence-electron chi connectivity index (χ1n) is 6.58. The fourth-order valence-electron chi connectivity index (χ4n) is 2.04. The molecule has 0 aliphatic heterocycles. The van der Waals surface area contributed by atoms with Gasteiger partial charge in [-0.25, -0.2) is 4.39 Å². The van der Waals surface area contributed by atoms with E-state index in [2.05, 4.69) is 4.90 Å². The lowest BCUT2D eigenvalue weighted by molar-refractivity contribution is 0.625. The second-order valence-corrected chi connectivity index (χ2v) is 5.65. The zero-order valence-electron chi connectivity index (χ0n) is 11.4. The molecule has 2 rings (SSSR count). The minimum Gasteiger partial charge on any atom is -0.393 e. The SMILES string of the molecule is NC(=S)CCN(Cc1ccc(Cl)c(F)c1)c1ccccc1. The van der Waals surface area contributed by atoms with Crippen molar-refractivity contribution in [3.05, 3.63) is 64.9 Å². The lowest BCUT2D eigenvalue weighted by atomic mass is 10.1. The minimum atomic E-state index is -0.406. The second-order valence-electron chi connectivity index (χ2n) is 4.72. The molecule has 0 saturated carbocycles. The van der Waals surface area contributed by atoms with Gasteiger partial charge in [0.2, 0.25) is 0 Å². The Balaban J connectivity index is 2.18. The van der Waals surface area contributed by atoms with E-state index in [-0.39, 0.29) is 5.02 Å². The number of rotatable bonds is 6. The Labute approximate surface area is 134 Å². The maximum absolute atomic E-state index is 13.6. The number of halogens is 2. The molecule has 0 saturated heterocycles. The molecule has 0 aliphatic rings. The van der Waals surface area contributed by atoms with Crippen molar-refractivity contribution in [2.45, 2.75) is 13.0 Å². The first kappa shape index (κ1) is 15.7. The standard InChI is InChI=1S/C16H16ClFN2S/c17-14-7-6-12(10-15(14)18)11-20(9-8-16(19)21)13-4-2-1-3-5-13/h1-7,10H,8-9,11H2,(H2,19,21). The summed E-state index contributed by atoms with van der Waals surface area (Å²) in [7, 11) is 0. The Kier molecular flexibility index (Phi) is 5.53. The van der Waals surface area contributed by atoms with Crippen molar-refractivity contribution in [2.24, 2.45) is 5.73 Å². The third-order valence-corrected chi connectivity index (χ3v) is 3.62. The molecule has 0 bridgehead atoms. The van der Waals surface area contributed by atoms with Crippen LogP contribution >= 0.6 is 23.8 Å². The van der Waals surface area contributed by atoms with E-state index in [4.69, 9.17) is 29.6 Å². The average Bonchev–Trinajstić information content (AvgIpc) is 2.48. The van der Waals surface area contributed by atoms with Crippen molar-refractivity contribution in [1.29, 1.82) is 0 Å². The lowest BCUT2D eigenvalue weighted by Gasteiger charge is -2.25. The Morgan fingerprint density at radius 2 is 1.90 bits per heavy atom. The molecule has 2 aromatic rings. The smallest absolute Gasteiger partial charge is 0.142 e. The van der Waals surface area contributed by atoms with Gasteiger partial charge in [0.05, 0.1) is 10.0 Å². The number of benzene rings is 2. The molecule has 0 atom stereocenters. The summed E-state index contributed by atoms with van der Waals surface area (Å²) in [6.45, 7) is 1.25. The fraction of sp³-hybridized carbons (Fsp3) is 0.188. The number of nitrogens with zero attached hydrogens (tertiary/aromatic N) is 1. The summed E-state index contributed by atoms with van der Waals surface area (Å²) in [5.74, 6) is -0.406. The molecule has 2 nitrogen and oxygen atoms in total. The molecule has 0 radical (unpaired) electrons. The number of thiocarbonyl (C=S) groups is 1. The number of anilines is 1. The van der Waals surface area contributed by atoms with Gasteiger partial charge in [0.25, 0.3) is 0 Å². The van der Waals surface area contributed by atoms with Gasteiger partial charge in [-0.2, -0.15) is 0 Å². The van der Waals surface area contributed by atoms with Gasteiger partial charge in [-0.3, -0.25) is 0 Å². The van der Waals surface area contributed by atoms with Crippen LogP contribution in [0.25, 0.3) is 0 Å². The van der Waals surface area contributed by atoms with Crippen LogP contribution < -0.4 is 10.6 Å². The predicted molar refractivity (Wildman–Crippen MR) is 90.3 cm³/mol. The van der Waals surface area contributed by atoms with Gasteiger partial charge in [-0.05, 0) is 29.8 Å². The van der Waals surface area contributed by atoms with Crippen molar-refractivity contribution in [3.8, 4) is 0 Å². The van der Waals surface area contributed by atoms with Crippen LogP contribution in [-0.4, -0.2) is 11.5 Å². The number of hydrogen-bond donors (Lipinski definition) is 1. The van der Waals surface area contributed by atoms with Gasteiger partial charge in [0, 0.05) is 25.2 Å². The van der Waals surface area contributed by atoms with Crippen molar-refractivity contribution in [3.63, 3.8) is 0 Å². The molecule has 2 N–H and O–H groups in total. The molecule has 0 aromatic heterocycles. The largest absolute Gasteiger partial charge is 0.393 e. The van der Waals surface area contributed by atoms with Crippen LogP contribution in [0.4, 0.5) is 10.1 Å². The van der Waals surface area contributed by atoms with Crippen LogP contribution in [0.1, 0.15) is 12.0 Å². The minimum absolute atomic E-state index is 0.133. The van der Waals surface area contributed by atoms with Gasteiger partial charge in [0.1, 0.15) is 5.82 Å². The Hall–Kier alpha value is -1.65. The van der Waals surface area contributed by atoms with E-state index in [1.54, 1.807) is 6.07 Å². The summed E-state index contributed by atoms with van der Waals surface area (Å²) < 4.78 is 13.6. The summed E-state index contributed by atoms with van der Waals surface area (Å²) in [6.07, 6.45) is 0.611. The first-order chi connectivity index (χ1) is 10.1. The Morgan fingerprint density at radius 3 is 2.52 bits per heavy atom. The molecule has 0 spiro atoms. The molecule has 0 unspecified atom stereocenters. The Bertz CT molecular complexity index is 619. The van der Waals surface area contributed by atoms with Crippen LogP contribution in [0.2, 0.25) is 5.02 Å². The van der Waals surface area contributed by atoms with Gasteiger partial charge < -0.3 is 10.6 Å². The zero-order chi connectivity index (χ0) is 15.2. The summed E-state index contributed by atoms with van der Waals surface area (Å²) in [4.78, 5) is 2.58. The maximum Gasteiger partial charge on any atom is 0.142 e. The molecule has 110 valence electrons. The van der Waals surface area contributed by atoms with Crippen molar-refractivity contribution >= 4 is 34.5 Å². The summed E-state index contributed by atoms with van der Waals surface area (Å²) in [6, 6.07) is 14.7. The Morgan fingerprint density at radius 1 is 1.19 bits per heavy atom. The highest BCUT2D eigenvalue weighted by atomic mass is 35.5. The predicted octanol–water partition coefficient (Wildman–Crippen LogP) is 4.16. The zero-order valence-corrected chi connectivity index (χ0v) is 13.0. The van der Waals surface area contributed by atoms with Crippen LogP contribution in [0, 0.1) is 5.82 Å². The molecule has 2 aromatic carbocycles. The summed E-state index contributed by atoms with van der Waals surface area (Å²) >= 11 is 10.7. The topological polar surface area (TPSA) is 29.3 Å². The van der Waals surface area contributed by atoms with Crippen LogP contribution in [0.3, 0.4) is 0 Å². The first-order valence-corrected chi connectivity index (χ1v) is 7.37. The maximum atomic E-state index is 13.6. The highest BCUT2D eigenvalue weighted by molar-refractivity contribution is 7.80. The highest BCUT2D eigenvalue weighted by Crippen LogP contribution is 2.20. The molecular weight excluding hydrogens is 307 g/mol. The fourth-order valence-corrected chi connectivity index (χ4v) is 2.25. The molecule has 0 aliphatic carbocycles. The van der Waals surface area contributed by atoms with Crippen molar-refractivity contribution in [2.75, 3.05) is 11.4 Å². The summed E-state index contributed by atoms with van der Waals surface area (Å²) in [5, 5.41) is 0.133. The van der Waals surface area contributed by atoms with E-state index < -0.39 is 5.82 Å². The van der Waals surface area contributed by atoms with Gasteiger partial charge in [-0.1, -0.05) is 48.1 Å². The normalized spacial score (nSPS) is 10.4. The summed E-state index contributed by atoms with van der Waals surface area (Å²) in [5.41, 5.74) is 7.48. The molecular formula is C16H16ClFN2S. The third-order valence-electron chi connectivity index (χ3n) is 3.11. The van der Waals surface area contributed by atoms with Gasteiger partial charge in [0.15, 0.2) is 0 Å². The van der Waals surface area contributed by atoms with Gasteiger partial charge in [-0.15, -0.1) is 0 Å².